The van der Waals surface area contributed by atoms with Crippen LogP contribution in [0.4, 0.5) is 18.9 Å². The minimum atomic E-state index is -4.57. The normalized spacial score (nSPS) is 20.9. The van der Waals surface area contributed by atoms with E-state index in [0.717, 1.165) is 12.1 Å². The Morgan fingerprint density at radius 2 is 2.12 bits per heavy atom. The van der Waals surface area contributed by atoms with Crippen molar-refractivity contribution in [3.05, 3.63) is 29.3 Å². The summed E-state index contributed by atoms with van der Waals surface area (Å²) in [7, 11) is 3.12. The zero-order valence-corrected chi connectivity index (χ0v) is 14.1. The number of alkyl halides is 3. The van der Waals surface area contributed by atoms with Crippen molar-refractivity contribution in [1.82, 2.24) is 4.90 Å². The molecule has 136 valence electrons. The van der Waals surface area contributed by atoms with Gasteiger partial charge in [0.05, 0.1) is 34.9 Å². The van der Waals surface area contributed by atoms with Crippen LogP contribution in [0, 0.1) is 11.3 Å². The van der Waals surface area contributed by atoms with Crippen molar-refractivity contribution in [1.29, 1.82) is 5.26 Å². The lowest BCUT2D eigenvalue weighted by Crippen LogP contribution is -2.51. The quantitative estimate of drug-likeness (QED) is 0.904. The zero-order valence-electron chi connectivity index (χ0n) is 14.1. The second kappa shape index (κ2) is 6.92. The fourth-order valence-electron chi connectivity index (χ4n) is 3.00. The maximum Gasteiger partial charge on any atom is 0.418 e. The van der Waals surface area contributed by atoms with Gasteiger partial charge in [0.15, 0.2) is 0 Å². The van der Waals surface area contributed by atoms with Crippen LogP contribution in [-0.4, -0.2) is 48.7 Å². The van der Waals surface area contributed by atoms with Gasteiger partial charge in [0.2, 0.25) is 5.91 Å². The van der Waals surface area contributed by atoms with Crippen LogP contribution in [0.2, 0.25) is 0 Å². The van der Waals surface area contributed by atoms with E-state index in [9.17, 15) is 23.1 Å². The van der Waals surface area contributed by atoms with Crippen molar-refractivity contribution < 1.29 is 23.1 Å². The molecule has 1 unspecified atom stereocenters. The maximum atomic E-state index is 13.3. The first-order chi connectivity index (χ1) is 11.6. The Morgan fingerprint density at radius 1 is 1.44 bits per heavy atom. The molecule has 1 heterocycles. The van der Waals surface area contributed by atoms with Gasteiger partial charge in [-0.25, -0.2) is 0 Å². The van der Waals surface area contributed by atoms with E-state index in [1.165, 1.54) is 15.9 Å². The van der Waals surface area contributed by atoms with Gasteiger partial charge in [-0.2, -0.15) is 18.4 Å². The highest BCUT2D eigenvalue weighted by Crippen LogP contribution is 2.39. The van der Waals surface area contributed by atoms with Crippen LogP contribution in [0.5, 0.6) is 0 Å². The Labute approximate surface area is 144 Å². The number of halogens is 3. The first-order valence-electron chi connectivity index (χ1n) is 7.84. The van der Waals surface area contributed by atoms with Gasteiger partial charge in [-0.3, -0.25) is 4.79 Å². The third kappa shape index (κ3) is 4.42. The summed E-state index contributed by atoms with van der Waals surface area (Å²) in [4.78, 5) is 14.7. The Kier molecular flexibility index (Phi) is 5.28. The van der Waals surface area contributed by atoms with Gasteiger partial charge in [0.25, 0.3) is 0 Å². The van der Waals surface area contributed by atoms with Gasteiger partial charge in [-0.15, -0.1) is 0 Å². The van der Waals surface area contributed by atoms with Crippen LogP contribution < -0.4 is 4.90 Å². The number of amides is 1. The molecular weight excluding hydrogens is 335 g/mol. The van der Waals surface area contributed by atoms with Crippen molar-refractivity contribution in [2.24, 2.45) is 0 Å². The van der Waals surface area contributed by atoms with E-state index in [-0.39, 0.29) is 30.1 Å². The van der Waals surface area contributed by atoms with Crippen LogP contribution in [-0.2, 0) is 11.0 Å². The van der Waals surface area contributed by atoms with E-state index in [4.69, 9.17) is 5.26 Å². The van der Waals surface area contributed by atoms with Gasteiger partial charge in [-0.1, -0.05) is 0 Å². The van der Waals surface area contributed by atoms with E-state index in [1.807, 2.05) is 6.07 Å². The molecule has 0 aliphatic carbocycles. The van der Waals surface area contributed by atoms with Gasteiger partial charge in [-0.05, 0) is 31.0 Å². The summed E-state index contributed by atoms with van der Waals surface area (Å²) in [6, 6.07) is 5.02. The van der Waals surface area contributed by atoms with Gasteiger partial charge in [0, 0.05) is 27.2 Å². The minimum absolute atomic E-state index is 0.0927. The van der Waals surface area contributed by atoms with E-state index < -0.39 is 17.3 Å². The highest BCUT2D eigenvalue weighted by molar-refractivity contribution is 5.77. The van der Waals surface area contributed by atoms with Gasteiger partial charge in [0.1, 0.15) is 0 Å². The van der Waals surface area contributed by atoms with E-state index in [2.05, 4.69) is 0 Å². The first kappa shape index (κ1) is 19.1. The molecule has 1 N–H and O–H groups in total. The molecule has 5 nitrogen and oxygen atoms in total. The topological polar surface area (TPSA) is 67.6 Å². The summed E-state index contributed by atoms with van der Waals surface area (Å²) in [5, 5.41) is 19.7. The van der Waals surface area contributed by atoms with E-state index in [1.54, 1.807) is 14.1 Å². The highest BCUT2D eigenvalue weighted by Gasteiger charge is 2.40. The Balaban J connectivity index is 2.35. The maximum absolute atomic E-state index is 13.3. The lowest BCUT2D eigenvalue weighted by Gasteiger charge is -2.41. The molecule has 1 aromatic carbocycles. The summed E-state index contributed by atoms with van der Waals surface area (Å²) >= 11 is 0. The molecule has 1 saturated heterocycles. The molecule has 0 radical (unpaired) electrons. The SMILES string of the molecule is CN(C)C(=O)CC1(O)CCCN(c2cc(C#N)ccc2C(F)(F)F)C1. The first-order valence-corrected chi connectivity index (χ1v) is 7.84. The number of β-amino-alcohol motifs (C(OH)–C–C–N with tert-alkyl or cyclic N) is 1. The van der Waals surface area contributed by atoms with Crippen LogP contribution in [0.3, 0.4) is 0 Å². The number of carbonyl (C=O) groups is 1. The predicted octanol–water partition coefficient (Wildman–Crippen LogP) is 2.39. The minimum Gasteiger partial charge on any atom is -0.388 e. The largest absolute Gasteiger partial charge is 0.418 e. The third-order valence-corrected chi connectivity index (χ3v) is 4.31. The van der Waals surface area contributed by atoms with Crippen LogP contribution >= 0.6 is 0 Å². The van der Waals surface area contributed by atoms with Gasteiger partial charge >= 0.3 is 6.18 Å². The third-order valence-electron chi connectivity index (χ3n) is 4.31. The average Bonchev–Trinajstić information content (AvgIpc) is 2.52. The monoisotopic (exact) mass is 355 g/mol. The number of aliphatic hydroxyl groups is 1. The van der Waals surface area contributed by atoms with E-state index >= 15 is 0 Å². The molecule has 1 amide bonds. The molecule has 1 fully saturated rings. The molecule has 8 heteroatoms. The second-order valence-corrected chi connectivity index (χ2v) is 6.56. The van der Waals surface area contributed by atoms with Crippen molar-refractivity contribution >= 4 is 11.6 Å². The molecule has 0 saturated carbocycles. The Hall–Kier alpha value is -2.27. The summed E-state index contributed by atoms with van der Waals surface area (Å²) in [5.74, 6) is -0.286. The lowest BCUT2D eigenvalue weighted by molar-refractivity contribution is -0.138. The Morgan fingerprint density at radius 3 is 2.68 bits per heavy atom. The standard InChI is InChI=1S/C17H20F3N3O2/c1-22(2)15(24)9-16(25)6-3-7-23(11-16)14-8-12(10-21)4-5-13(14)17(18,19)20/h4-5,8,25H,3,6-7,9,11H2,1-2H3. The summed E-state index contributed by atoms with van der Waals surface area (Å²) in [5.41, 5.74) is -2.27. The molecular formula is C17H20F3N3O2. The molecule has 1 aliphatic rings. The number of piperidine rings is 1. The summed E-state index contributed by atoms with van der Waals surface area (Å²) in [6.07, 6.45) is -3.94. The molecule has 25 heavy (non-hydrogen) atoms. The summed E-state index contributed by atoms with van der Waals surface area (Å²) in [6.45, 7) is 0.223. The number of nitrogens with zero attached hydrogens (tertiary/aromatic N) is 3. The fraction of sp³-hybridized carbons (Fsp3) is 0.529. The smallest absolute Gasteiger partial charge is 0.388 e. The molecule has 0 aromatic heterocycles. The van der Waals surface area contributed by atoms with Crippen LogP contribution in [0.25, 0.3) is 0 Å². The number of benzene rings is 1. The number of rotatable bonds is 3. The number of carbonyl (C=O) groups excluding carboxylic acids is 1. The molecule has 0 spiro atoms. The van der Waals surface area contributed by atoms with Crippen molar-refractivity contribution in [2.75, 3.05) is 32.1 Å². The van der Waals surface area contributed by atoms with Crippen molar-refractivity contribution in [3.63, 3.8) is 0 Å². The van der Waals surface area contributed by atoms with Gasteiger partial charge < -0.3 is 14.9 Å². The fourth-order valence-corrected chi connectivity index (χ4v) is 3.00. The zero-order chi connectivity index (χ0) is 18.8. The molecule has 1 atom stereocenters. The number of nitriles is 1. The highest BCUT2D eigenvalue weighted by atomic mass is 19.4. The van der Waals surface area contributed by atoms with Crippen molar-refractivity contribution in [3.8, 4) is 6.07 Å². The number of anilines is 1. The number of hydrogen-bond donors (Lipinski definition) is 1. The second-order valence-electron chi connectivity index (χ2n) is 6.56. The molecule has 2 rings (SSSR count). The number of hydrogen-bond acceptors (Lipinski definition) is 4. The van der Waals surface area contributed by atoms with E-state index in [0.29, 0.717) is 19.4 Å². The van der Waals surface area contributed by atoms with Crippen LogP contribution in [0.1, 0.15) is 30.4 Å². The molecule has 1 aliphatic heterocycles. The van der Waals surface area contributed by atoms with Crippen molar-refractivity contribution in [2.45, 2.75) is 31.0 Å². The lowest BCUT2D eigenvalue weighted by atomic mass is 9.88. The molecule has 0 bridgehead atoms. The van der Waals surface area contributed by atoms with Crippen LogP contribution in [0.15, 0.2) is 18.2 Å². The average molecular weight is 355 g/mol. The molecule has 1 aromatic rings. The predicted molar refractivity (Wildman–Crippen MR) is 85.9 cm³/mol. The Bertz CT molecular complexity index is 697. The summed E-state index contributed by atoms with van der Waals surface area (Å²) < 4.78 is 39.9.